The first-order valence-electron chi connectivity index (χ1n) is 5.69. The maximum absolute atomic E-state index is 9.75. The molecule has 0 unspecified atom stereocenters. The predicted octanol–water partition coefficient (Wildman–Crippen LogP) is 2.60. The summed E-state index contributed by atoms with van der Waals surface area (Å²) < 4.78 is 40.9. The fraction of sp³-hybridized carbons (Fsp3) is 0.300. The van der Waals surface area contributed by atoms with E-state index >= 15 is 0 Å². The maximum atomic E-state index is 9.75. The van der Waals surface area contributed by atoms with Crippen LogP contribution in [0.4, 0.5) is 17.3 Å². The Bertz CT molecular complexity index is 526. The van der Waals surface area contributed by atoms with Gasteiger partial charge >= 0.3 is 12.4 Å². The Hall–Kier alpha value is -1.58. The Morgan fingerprint density at radius 2 is 1.75 bits per heavy atom. The second kappa shape index (κ2) is 7.27. The highest BCUT2D eigenvalue weighted by Crippen LogP contribution is 2.07. The number of aryl methyl sites for hydroxylation is 1. The number of benzene rings is 1. The number of aromatic nitrogens is 4. The second-order valence-corrected chi connectivity index (χ2v) is 4.28. The summed E-state index contributed by atoms with van der Waals surface area (Å²) in [6.07, 6.45) is 2.00. The van der Waals surface area contributed by atoms with Crippen molar-refractivity contribution in [2.24, 2.45) is 0 Å². The minimum atomic E-state index is -6.00. The molecule has 0 N–H and O–H groups in total. The van der Waals surface area contributed by atoms with Crippen LogP contribution in [0.25, 0.3) is 5.69 Å². The number of hydrogen-bond acceptors (Lipinski definition) is 3. The average molecular weight is 308 g/mol. The summed E-state index contributed by atoms with van der Waals surface area (Å²) in [5, 5.41) is 9.63. The molecule has 1 aromatic carbocycles. The molecule has 20 heavy (non-hydrogen) atoms. The first kappa shape index (κ1) is 16.5. The summed E-state index contributed by atoms with van der Waals surface area (Å²) in [6.45, 7) is 2.81. The molecule has 4 nitrogen and oxygen atoms in total. The van der Waals surface area contributed by atoms with Gasteiger partial charge in [-0.15, -0.1) is 0 Å². The maximum Gasteiger partial charge on any atom is 0.673 e. The van der Waals surface area contributed by atoms with Gasteiger partial charge in [0.1, 0.15) is 12.2 Å². The van der Waals surface area contributed by atoms with E-state index in [0.717, 1.165) is 17.4 Å². The van der Waals surface area contributed by atoms with Crippen molar-refractivity contribution in [2.75, 3.05) is 6.26 Å². The van der Waals surface area contributed by atoms with Crippen molar-refractivity contribution in [3.63, 3.8) is 0 Å². The van der Waals surface area contributed by atoms with Gasteiger partial charge in [-0.3, -0.25) is 0 Å². The third-order valence-corrected chi connectivity index (χ3v) is 2.66. The largest absolute Gasteiger partial charge is 0.673 e. The third-order valence-electron chi connectivity index (χ3n) is 2.04. The molecule has 0 aliphatic carbocycles. The lowest BCUT2D eigenvalue weighted by Gasteiger charge is -1.94. The molecule has 0 saturated carbocycles. The lowest BCUT2D eigenvalue weighted by molar-refractivity contribution is -0.699. The van der Waals surface area contributed by atoms with Gasteiger partial charge in [0.2, 0.25) is 0 Å². The Labute approximate surface area is 117 Å². The Balaban J connectivity index is 0.000000347. The van der Waals surface area contributed by atoms with E-state index in [1.165, 1.54) is 0 Å². The summed E-state index contributed by atoms with van der Waals surface area (Å²) in [5.74, 6) is 0. The zero-order valence-corrected chi connectivity index (χ0v) is 11.7. The topological polar surface area (TPSA) is 34.6 Å². The van der Waals surface area contributed by atoms with Crippen molar-refractivity contribution in [2.45, 2.75) is 18.6 Å². The number of halogens is 4. The van der Waals surface area contributed by atoms with Gasteiger partial charge in [-0.25, -0.2) is 0 Å². The van der Waals surface area contributed by atoms with Gasteiger partial charge in [-0.1, -0.05) is 34.6 Å². The minimum absolute atomic E-state index is 0.785. The fourth-order valence-electron chi connectivity index (χ4n) is 1.30. The molecule has 0 fully saturated rings. The Kier molecular flexibility index (Phi) is 5.99. The van der Waals surface area contributed by atoms with Crippen LogP contribution < -0.4 is 4.68 Å². The van der Waals surface area contributed by atoms with Crippen molar-refractivity contribution in [3.05, 3.63) is 30.3 Å². The van der Waals surface area contributed by atoms with E-state index in [0.29, 0.717) is 0 Å². The minimum Gasteiger partial charge on any atom is -0.418 e. The lowest BCUT2D eigenvalue weighted by atomic mass is 10.3. The highest BCUT2D eigenvalue weighted by atomic mass is 32.2. The number of thioether (sulfide) groups is 1. The van der Waals surface area contributed by atoms with Gasteiger partial charge in [-0.2, -0.15) is 0 Å². The number of tetrazole rings is 1. The van der Waals surface area contributed by atoms with Crippen LogP contribution in [0.2, 0.25) is 0 Å². The molecule has 0 saturated heterocycles. The lowest BCUT2D eigenvalue weighted by Crippen LogP contribution is -2.35. The van der Waals surface area contributed by atoms with E-state index in [1.54, 1.807) is 16.6 Å². The number of nitrogens with zero attached hydrogens (tertiary/aromatic N) is 4. The molecular formula is C10H13BF4N4S. The molecule has 0 aliphatic rings. The second-order valence-electron chi connectivity index (χ2n) is 3.51. The first-order chi connectivity index (χ1) is 9.35. The van der Waals surface area contributed by atoms with E-state index in [-0.39, 0.29) is 0 Å². The van der Waals surface area contributed by atoms with Crippen LogP contribution in [0.1, 0.15) is 6.92 Å². The average Bonchev–Trinajstić information content (AvgIpc) is 2.81. The van der Waals surface area contributed by atoms with E-state index < -0.39 is 7.25 Å². The van der Waals surface area contributed by atoms with Crippen molar-refractivity contribution >= 4 is 19.0 Å². The van der Waals surface area contributed by atoms with Crippen molar-refractivity contribution < 1.29 is 21.9 Å². The number of hydrogen-bond donors (Lipinski definition) is 0. The van der Waals surface area contributed by atoms with Crippen molar-refractivity contribution in [1.29, 1.82) is 0 Å². The van der Waals surface area contributed by atoms with E-state index in [1.807, 2.05) is 48.2 Å². The molecule has 1 heterocycles. The van der Waals surface area contributed by atoms with Crippen LogP contribution in [0.3, 0.4) is 0 Å². The highest BCUT2D eigenvalue weighted by Gasteiger charge is 2.20. The van der Waals surface area contributed by atoms with Crippen molar-refractivity contribution in [3.8, 4) is 5.69 Å². The Morgan fingerprint density at radius 1 is 1.20 bits per heavy atom. The molecule has 2 rings (SSSR count). The molecule has 0 atom stereocenters. The van der Waals surface area contributed by atoms with Gasteiger partial charge < -0.3 is 17.3 Å². The number of para-hydroxylation sites is 1. The van der Waals surface area contributed by atoms with Gasteiger partial charge in [0.25, 0.3) is 0 Å². The summed E-state index contributed by atoms with van der Waals surface area (Å²) >= 11 is 1.59. The summed E-state index contributed by atoms with van der Waals surface area (Å²) in [4.78, 5) is 1.69. The Morgan fingerprint density at radius 3 is 2.20 bits per heavy atom. The molecule has 0 amide bonds. The summed E-state index contributed by atoms with van der Waals surface area (Å²) in [5.41, 5.74) is 1.04. The van der Waals surface area contributed by atoms with E-state index in [2.05, 4.69) is 10.3 Å². The molecular weight excluding hydrogens is 295 g/mol. The predicted molar refractivity (Wildman–Crippen MR) is 69.2 cm³/mol. The smallest absolute Gasteiger partial charge is 0.418 e. The summed E-state index contributed by atoms with van der Waals surface area (Å²) in [6, 6.07) is 10.0. The van der Waals surface area contributed by atoms with Gasteiger partial charge in [-0.05, 0) is 30.1 Å². The molecule has 10 heteroatoms. The van der Waals surface area contributed by atoms with E-state index in [4.69, 9.17) is 0 Å². The molecule has 0 bridgehead atoms. The molecule has 0 spiro atoms. The van der Waals surface area contributed by atoms with Crippen LogP contribution in [0.5, 0.6) is 0 Å². The monoisotopic (exact) mass is 308 g/mol. The van der Waals surface area contributed by atoms with Gasteiger partial charge in [0, 0.05) is 0 Å². The quantitative estimate of drug-likeness (QED) is 0.378. The van der Waals surface area contributed by atoms with Gasteiger partial charge in [0.15, 0.2) is 0 Å². The first-order valence-corrected chi connectivity index (χ1v) is 6.91. The SMILES string of the molecule is CCn1nc(SC)[n+](-c2ccccc2)n1.F[B-](F)(F)F. The normalized spacial score (nSPS) is 10.9. The molecule has 2 aromatic rings. The molecule has 0 aliphatic heterocycles. The van der Waals surface area contributed by atoms with Crippen LogP contribution in [0, 0.1) is 0 Å². The van der Waals surface area contributed by atoms with Crippen LogP contribution in [-0.2, 0) is 6.54 Å². The van der Waals surface area contributed by atoms with Crippen LogP contribution in [0.15, 0.2) is 35.5 Å². The van der Waals surface area contributed by atoms with Crippen LogP contribution >= 0.6 is 11.8 Å². The zero-order valence-electron chi connectivity index (χ0n) is 10.9. The van der Waals surface area contributed by atoms with Crippen molar-refractivity contribution in [1.82, 2.24) is 15.1 Å². The standard InChI is InChI=1S/C10H13N4S.BF4/c1-3-13-11-10(15-2)14(12-13)9-7-5-4-6-8-9;2-1(3,4)5/h4-8H,3H2,1-2H3;/q+1;-1. The fourth-order valence-corrected chi connectivity index (χ4v) is 1.79. The zero-order chi connectivity index (χ0) is 15.2. The number of rotatable bonds is 3. The summed E-state index contributed by atoms with van der Waals surface area (Å²) in [7, 11) is -6.00. The van der Waals surface area contributed by atoms with Crippen LogP contribution in [-0.4, -0.2) is 28.6 Å². The van der Waals surface area contributed by atoms with Gasteiger partial charge in [0.05, 0.1) is 10.3 Å². The van der Waals surface area contributed by atoms with E-state index in [9.17, 15) is 17.3 Å². The third kappa shape index (κ3) is 5.60. The molecule has 110 valence electrons. The molecule has 0 radical (unpaired) electrons. The highest BCUT2D eigenvalue weighted by molar-refractivity contribution is 7.98. The molecule has 1 aromatic heterocycles.